The van der Waals surface area contributed by atoms with Crippen molar-refractivity contribution in [2.24, 2.45) is 5.73 Å². The average Bonchev–Trinajstić information content (AvgIpc) is 3.05. The van der Waals surface area contributed by atoms with Crippen molar-refractivity contribution in [3.05, 3.63) is 12.4 Å². The molecule has 2 atom stereocenters. The van der Waals surface area contributed by atoms with Gasteiger partial charge in [0.1, 0.15) is 6.10 Å². The van der Waals surface area contributed by atoms with Crippen molar-refractivity contribution in [2.75, 3.05) is 25.6 Å². The van der Waals surface area contributed by atoms with Gasteiger partial charge >= 0.3 is 0 Å². The number of amides is 1. The Morgan fingerprint density at radius 3 is 3.21 bits per heavy atom. The Bertz CT molecular complexity index is 421. The molecule has 0 bridgehead atoms. The van der Waals surface area contributed by atoms with E-state index in [1.807, 2.05) is 0 Å². The van der Waals surface area contributed by atoms with Gasteiger partial charge in [-0.3, -0.25) is 9.48 Å². The quantitative estimate of drug-likeness (QED) is 0.756. The molecule has 7 nitrogen and oxygen atoms in total. The van der Waals surface area contributed by atoms with Crippen molar-refractivity contribution in [1.82, 2.24) is 9.78 Å². The summed E-state index contributed by atoms with van der Waals surface area (Å²) in [5, 5.41) is 6.92. The van der Waals surface area contributed by atoms with Crippen LogP contribution in [0.15, 0.2) is 12.4 Å². The molecule has 106 valence electrons. The number of nitrogens with zero attached hydrogens (tertiary/aromatic N) is 2. The molecular formula is C12H20N4O3. The number of methoxy groups -OCH3 is 1. The Balaban J connectivity index is 1.83. The Labute approximate surface area is 112 Å². The molecule has 0 saturated carbocycles. The Morgan fingerprint density at radius 1 is 1.68 bits per heavy atom. The SMILES string of the molecule is COCCn1cc(NC(=O)C2CCC(CN)O2)cn1. The second kappa shape index (κ2) is 6.65. The van der Waals surface area contributed by atoms with Crippen molar-refractivity contribution in [1.29, 1.82) is 0 Å². The fraction of sp³-hybridized carbons (Fsp3) is 0.667. The van der Waals surface area contributed by atoms with Crippen LogP contribution in [0.4, 0.5) is 5.69 Å². The van der Waals surface area contributed by atoms with Crippen LogP contribution in [0.1, 0.15) is 12.8 Å². The monoisotopic (exact) mass is 268 g/mol. The molecule has 1 saturated heterocycles. The first-order valence-corrected chi connectivity index (χ1v) is 6.40. The predicted octanol–water partition coefficient (Wildman–Crippen LogP) is -0.0257. The van der Waals surface area contributed by atoms with E-state index in [2.05, 4.69) is 10.4 Å². The predicted molar refractivity (Wildman–Crippen MR) is 69.7 cm³/mol. The molecule has 1 aliphatic heterocycles. The molecule has 1 amide bonds. The lowest BCUT2D eigenvalue weighted by molar-refractivity contribution is -0.126. The van der Waals surface area contributed by atoms with Crippen molar-refractivity contribution in [3.8, 4) is 0 Å². The summed E-state index contributed by atoms with van der Waals surface area (Å²) in [7, 11) is 1.64. The Morgan fingerprint density at radius 2 is 2.53 bits per heavy atom. The maximum absolute atomic E-state index is 12.0. The van der Waals surface area contributed by atoms with Crippen LogP contribution < -0.4 is 11.1 Å². The zero-order valence-corrected chi connectivity index (χ0v) is 11.0. The second-order valence-corrected chi connectivity index (χ2v) is 4.53. The summed E-state index contributed by atoms with van der Waals surface area (Å²) in [5.74, 6) is -0.137. The first-order valence-electron chi connectivity index (χ1n) is 6.40. The van der Waals surface area contributed by atoms with E-state index in [9.17, 15) is 4.79 Å². The lowest BCUT2D eigenvalue weighted by Gasteiger charge is -2.11. The van der Waals surface area contributed by atoms with Gasteiger partial charge in [0.2, 0.25) is 0 Å². The standard InChI is InChI=1S/C12H20N4O3/c1-18-5-4-16-8-9(7-14-16)15-12(17)11-3-2-10(6-13)19-11/h7-8,10-11H,2-6,13H2,1H3,(H,15,17). The molecule has 3 N–H and O–H groups in total. The largest absolute Gasteiger partial charge is 0.383 e. The van der Waals surface area contributed by atoms with Crippen molar-refractivity contribution in [2.45, 2.75) is 31.6 Å². The Hall–Kier alpha value is -1.44. The number of nitrogens with one attached hydrogen (secondary N) is 1. The lowest BCUT2D eigenvalue weighted by Crippen LogP contribution is -2.29. The van der Waals surface area contributed by atoms with Gasteiger partial charge in [-0.15, -0.1) is 0 Å². The topological polar surface area (TPSA) is 91.4 Å². The number of hydrogen-bond acceptors (Lipinski definition) is 5. The summed E-state index contributed by atoms with van der Waals surface area (Å²) in [5.41, 5.74) is 6.18. The Kier molecular flexibility index (Phi) is 4.89. The van der Waals surface area contributed by atoms with Crippen LogP contribution >= 0.6 is 0 Å². The van der Waals surface area contributed by atoms with E-state index >= 15 is 0 Å². The van der Waals surface area contributed by atoms with E-state index in [1.54, 1.807) is 24.2 Å². The van der Waals surface area contributed by atoms with Gasteiger partial charge in [0, 0.05) is 19.9 Å². The molecule has 2 heterocycles. The van der Waals surface area contributed by atoms with E-state index in [1.165, 1.54) is 0 Å². The normalized spacial score (nSPS) is 22.6. The van der Waals surface area contributed by atoms with E-state index in [-0.39, 0.29) is 12.0 Å². The van der Waals surface area contributed by atoms with Crippen LogP contribution in [0.5, 0.6) is 0 Å². The van der Waals surface area contributed by atoms with Gasteiger partial charge in [-0.1, -0.05) is 0 Å². The molecule has 0 aliphatic carbocycles. The summed E-state index contributed by atoms with van der Waals surface area (Å²) in [6.45, 7) is 1.69. The van der Waals surface area contributed by atoms with Crippen molar-refractivity contribution >= 4 is 11.6 Å². The van der Waals surface area contributed by atoms with Gasteiger partial charge < -0.3 is 20.5 Å². The maximum Gasteiger partial charge on any atom is 0.253 e. The zero-order valence-electron chi connectivity index (χ0n) is 11.0. The first kappa shape index (κ1) is 14.0. The molecule has 0 radical (unpaired) electrons. The third kappa shape index (κ3) is 3.76. The molecule has 1 fully saturated rings. The number of carbonyl (C=O) groups excluding carboxylic acids is 1. The molecule has 19 heavy (non-hydrogen) atoms. The third-order valence-electron chi connectivity index (χ3n) is 3.09. The number of rotatable bonds is 6. The highest BCUT2D eigenvalue weighted by atomic mass is 16.5. The highest BCUT2D eigenvalue weighted by molar-refractivity contribution is 5.94. The van der Waals surface area contributed by atoms with E-state index in [0.717, 1.165) is 6.42 Å². The molecule has 0 aromatic carbocycles. The van der Waals surface area contributed by atoms with Crippen molar-refractivity contribution in [3.63, 3.8) is 0 Å². The number of carbonyl (C=O) groups is 1. The van der Waals surface area contributed by atoms with E-state index in [0.29, 0.717) is 31.8 Å². The van der Waals surface area contributed by atoms with E-state index < -0.39 is 6.10 Å². The number of nitrogens with two attached hydrogens (primary N) is 1. The van der Waals surface area contributed by atoms with Crippen molar-refractivity contribution < 1.29 is 14.3 Å². The van der Waals surface area contributed by atoms with Gasteiger partial charge in [0.15, 0.2) is 0 Å². The zero-order chi connectivity index (χ0) is 13.7. The lowest BCUT2D eigenvalue weighted by atomic mass is 10.2. The maximum atomic E-state index is 12.0. The van der Waals surface area contributed by atoms with Gasteiger partial charge in [-0.05, 0) is 12.8 Å². The van der Waals surface area contributed by atoms with Crippen LogP contribution in [0, 0.1) is 0 Å². The minimum absolute atomic E-state index is 0.000163. The van der Waals surface area contributed by atoms with Crippen LogP contribution in [-0.4, -0.2) is 48.2 Å². The summed E-state index contributed by atoms with van der Waals surface area (Å²) < 4.78 is 12.2. The van der Waals surface area contributed by atoms with Gasteiger partial charge in [0.25, 0.3) is 5.91 Å². The molecule has 1 aromatic heterocycles. The number of ether oxygens (including phenoxy) is 2. The third-order valence-corrected chi connectivity index (χ3v) is 3.09. The fourth-order valence-electron chi connectivity index (χ4n) is 2.03. The fourth-order valence-corrected chi connectivity index (χ4v) is 2.03. The molecule has 2 rings (SSSR count). The number of hydrogen-bond donors (Lipinski definition) is 2. The van der Waals surface area contributed by atoms with E-state index in [4.69, 9.17) is 15.2 Å². The minimum atomic E-state index is -0.407. The second-order valence-electron chi connectivity index (χ2n) is 4.53. The first-order chi connectivity index (χ1) is 9.22. The molecule has 2 unspecified atom stereocenters. The average molecular weight is 268 g/mol. The van der Waals surface area contributed by atoms with Crippen LogP contribution in [0.25, 0.3) is 0 Å². The molecule has 7 heteroatoms. The van der Waals surface area contributed by atoms with Gasteiger partial charge in [-0.25, -0.2) is 0 Å². The number of anilines is 1. The summed E-state index contributed by atoms with van der Waals surface area (Å²) in [6.07, 6.45) is 4.53. The number of aromatic nitrogens is 2. The summed E-state index contributed by atoms with van der Waals surface area (Å²) in [4.78, 5) is 12.0. The van der Waals surface area contributed by atoms with Crippen LogP contribution in [0.2, 0.25) is 0 Å². The molecule has 1 aromatic rings. The smallest absolute Gasteiger partial charge is 0.253 e. The minimum Gasteiger partial charge on any atom is -0.383 e. The highest BCUT2D eigenvalue weighted by Crippen LogP contribution is 2.20. The molecule has 1 aliphatic rings. The van der Waals surface area contributed by atoms with Crippen LogP contribution in [-0.2, 0) is 20.8 Å². The molecular weight excluding hydrogens is 248 g/mol. The highest BCUT2D eigenvalue weighted by Gasteiger charge is 2.29. The van der Waals surface area contributed by atoms with Gasteiger partial charge in [0.05, 0.1) is 31.1 Å². The summed E-state index contributed by atoms with van der Waals surface area (Å²) in [6, 6.07) is 0. The summed E-state index contributed by atoms with van der Waals surface area (Å²) >= 11 is 0. The van der Waals surface area contributed by atoms with Crippen LogP contribution in [0.3, 0.4) is 0 Å². The van der Waals surface area contributed by atoms with Gasteiger partial charge in [-0.2, -0.15) is 5.10 Å². The molecule has 0 spiro atoms.